The standard InChI is InChI=1S/C16H22ClN7/c1-13-21-14(17)12-15(22-13)18-6-3-7-23-8-10-24(11-9-23)16-19-4-2-5-20-16/h2,4-5,12H,3,6-11H2,1H3,(H,18,21,22). The Kier molecular flexibility index (Phi) is 5.77. The number of aromatic nitrogens is 4. The van der Waals surface area contributed by atoms with E-state index in [0.29, 0.717) is 11.0 Å². The van der Waals surface area contributed by atoms with Gasteiger partial charge in [-0.05, 0) is 26.0 Å². The number of rotatable bonds is 6. The fourth-order valence-electron chi connectivity index (χ4n) is 2.77. The van der Waals surface area contributed by atoms with Crippen LogP contribution in [0.25, 0.3) is 0 Å². The summed E-state index contributed by atoms with van der Waals surface area (Å²) in [7, 11) is 0. The van der Waals surface area contributed by atoms with E-state index in [4.69, 9.17) is 11.6 Å². The fourth-order valence-corrected chi connectivity index (χ4v) is 2.99. The van der Waals surface area contributed by atoms with E-state index >= 15 is 0 Å². The summed E-state index contributed by atoms with van der Waals surface area (Å²) in [6, 6.07) is 3.60. The molecular weight excluding hydrogens is 326 g/mol. The van der Waals surface area contributed by atoms with Gasteiger partial charge >= 0.3 is 0 Å². The van der Waals surface area contributed by atoms with Crippen LogP contribution in [0.3, 0.4) is 0 Å². The van der Waals surface area contributed by atoms with Crippen LogP contribution in [0.2, 0.25) is 5.15 Å². The zero-order chi connectivity index (χ0) is 16.8. The highest BCUT2D eigenvalue weighted by molar-refractivity contribution is 6.29. The van der Waals surface area contributed by atoms with Gasteiger partial charge in [0.1, 0.15) is 16.8 Å². The summed E-state index contributed by atoms with van der Waals surface area (Å²) in [6.45, 7) is 7.79. The van der Waals surface area contributed by atoms with Crippen molar-refractivity contribution in [2.45, 2.75) is 13.3 Å². The minimum atomic E-state index is 0.476. The van der Waals surface area contributed by atoms with Crippen molar-refractivity contribution in [3.8, 4) is 0 Å². The van der Waals surface area contributed by atoms with Gasteiger partial charge in [0.25, 0.3) is 0 Å². The number of nitrogens with one attached hydrogen (secondary N) is 1. The quantitative estimate of drug-likeness (QED) is 0.631. The topological polar surface area (TPSA) is 70.1 Å². The Morgan fingerprint density at radius 3 is 2.58 bits per heavy atom. The second-order valence-corrected chi connectivity index (χ2v) is 6.17. The summed E-state index contributed by atoms with van der Waals surface area (Å²) in [4.78, 5) is 21.7. The molecule has 0 radical (unpaired) electrons. The maximum Gasteiger partial charge on any atom is 0.225 e. The van der Waals surface area contributed by atoms with Crippen molar-refractivity contribution in [2.24, 2.45) is 0 Å². The lowest BCUT2D eigenvalue weighted by Crippen LogP contribution is -2.47. The van der Waals surface area contributed by atoms with Gasteiger partial charge in [0.15, 0.2) is 0 Å². The molecule has 1 saturated heterocycles. The molecule has 0 spiro atoms. The van der Waals surface area contributed by atoms with Crippen molar-refractivity contribution in [1.29, 1.82) is 0 Å². The molecule has 2 aromatic rings. The summed E-state index contributed by atoms with van der Waals surface area (Å²) in [5.41, 5.74) is 0. The van der Waals surface area contributed by atoms with Crippen LogP contribution in [0.5, 0.6) is 0 Å². The SMILES string of the molecule is Cc1nc(Cl)cc(NCCCN2CCN(c3ncccn3)CC2)n1. The van der Waals surface area contributed by atoms with Gasteiger partial charge in [-0.3, -0.25) is 4.90 Å². The van der Waals surface area contributed by atoms with Crippen LogP contribution in [0, 0.1) is 6.92 Å². The van der Waals surface area contributed by atoms with Crippen LogP contribution < -0.4 is 10.2 Å². The molecule has 0 amide bonds. The minimum Gasteiger partial charge on any atom is -0.370 e. The van der Waals surface area contributed by atoms with Crippen LogP contribution in [-0.2, 0) is 0 Å². The number of nitrogens with zero attached hydrogens (tertiary/aromatic N) is 6. The molecule has 24 heavy (non-hydrogen) atoms. The third kappa shape index (κ3) is 4.75. The van der Waals surface area contributed by atoms with Crippen molar-refractivity contribution >= 4 is 23.4 Å². The van der Waals surface area contributed by atoms with E-state index in [0.717, 1.165) is 57.5 Å². The van der Waals surface area contributed by atoms with Gasteiger partial charge in [-0.1, -0.05) is 11.6 Å². The van der Waals surface area contributed by atoms with Crippen LogP contribution >= 0.6 is 11.6 Å². The van der Waals surface area contributed by atoms with Crippen molar-refractivity contribution in [3.05, 3.63) is 35.5 Å². The smallest absolute Gasteiger partial charge is 0.225 e. The first-order valence-electron chi connectivity index (χ1n) is 8.20. The number of hydrogen-bond acceptors (Lipinski definition) is 7. The average molecular weight is 348 g/mol. The molecule has 3 rings (SSSR count). The Labute approximate surface area is 147 Å². The highest BCUT2D eigenvalue weighted by atomic mass is 35.5. The van der Waals surface area contributed by atoms with Crippen molar-refractivity contribution in [3.63, 3.8) is 0 Å². The maximum atomic E-state index is 5.93. The van der Waals surface area contributed by atoms with E-state index in [9.17, 15) is 0 Å². The molecule has 1 N–H and O–H groups in total. The van der Waals surface area contributed by atoms with Gasteiger partial charge in [0.05, 0.1) is 0 Å². The van der Waals surface area contributed by atoms with Crippen molar-refractivity contribution in [2.75, 3.05) is 49.5 Å². The molecule has 1 aliphatic rings. The first-order chi connectivity index (χ1) is 11.7. The molecule has 0 aliphatic carbocycles. The van der Waals surface area contributed by atoms with Gasteiger partial charge in [-0.2, -0.15) is 0 Å². The van der Waals surface area contributed by atoms with E-state index in [1.165, 1.54) is 0 Å². The van der Waals surface area contributed by atoms with Gasteiger partial charge in [0.2, 0.25) is 5.95 Å². The van der Waals surface area contributed by atoms with Gasteiger partial charge < -0.3 is 10.2 Å². The molecule has 128 valence electrons. The number of piperazine rings is 1. The number of halogens is 1. The van der Waals surface area contributed by atoms with E-state index in [-0.39, 0.29) is 0 Å². The van der Waals surface area contributed by atoms with Crippen LogP contribution in [0.1, 0.15) is 12.2 Å². The Hall–Kier alpha value is -1.99. The lowest BCUT2D eigenvalue weighted by molar-refractivity contribution is 0.256. The number of anilines is 2. The lowest BCUT2D eigenvalue weighted by Gasteiger charge is -2.34. The van der Waals surface area contributed by atoms with Crippen LogP contribution in [0.4, 0.5) is 11.8 Å². The summed E-state index contributed by atoms with van der Waals surface area (Å²) < 4.78 is 0. The van der Waals surface area contributed by atoms with E-state index in [1.54, 1.807) is 18.5 Å². The summed E-state index contributed by atoms with van der Waals surface area (Å²) in [5.74, 6) is 2.30. The molecule has 7 nitrogen and oxygen atoms in total. The molecule has 0 unspecified atom stereocenters. The Morgan fingerprint density at radius 2 is 1.88 bits per heavy atom. The zero-order valence-corrected chi connectivity index (χ0v) is 14.6. The molecule has 0 bridgehead atoms. The molecule has 0 atom stereocenters. The first-order valence-corrected chi connectivity index (χ1v) is 8.58. The Morgan fingerprint density at radius 1 is 1.12 bits per heavy atom. The summed E-state index contributed by atoms with van der Waals surface area (Å²) in [5, 5.41) is 3.78. The maximum absolute atomic E-state index is 5.93. The summed E-state index contributed by atoms with van der Waals surface area (Å²) >= 11 is 5.93. The van der Waals surface area contributed by atoms with Gasteiger partial charge in [-0.15, -0.1) is 0 Å². The van der Waals surface area contributed by atoms with Gasteiger partial charge in [-0.25, -0.2) is 19.9 Å². The normalized spacial score (nSPS) is 15.5. The van der Waals surface area contributed by atoms with E-state index in [1.807, 2.05) is 13.0 Å². The van der Waals surface area contributed by atoms with Crippen LogP contribution in [0.15, 0.2) is 24.5 Å². The average Bonchev–Trinajstić information content (AvgIpc) is 2.59. The second-order valence-electron chi connectivity index (χ2n) is 5.78. The lowest BCUT2D eigenvalue weighted by atomic mass is 10.3. The minimum absolute atomic E-state index is 0.476. The fraction of sp³-hybridized carbons (Fsp3) is 0.500. The van der Waals surface area contributed by atoms with E-state index < -0.39 is 0 Å². The third-order valence-electron chi connectivity index (χ3n) is 3.97. The Bertz CT molecular complexity index is 624. The molecule has 2 aromatic heterocycles. The predicted octanol–water partition coefficient (Wildman–Crippen LogP) is 1.85. The van der Waals surface area contributed by atoms with E-state index in [2.05, 4.69) is 35.1 Å². The molecule has 1 fully saturated rings. The monoisotopic (exact) mass is 347 g/mol. The largest absolute Gasteiger partial charge is 0.370 e. The molecule has 3 heterocycles. The Balaban J connectivity index is 1.36. The highest BCUT2D eigenvalue weighted by Gasteiger charge is 2.18. The molecule has 0 aromatic carbocycles. The van der Waals surface area contributed by atoms with Crippen LogP contribution in [-0.4, -0.2) is 64.1 Å². The molecule has 0 saturated carbocycles. The molecule has 1 aliphatic heterocycles. The molecular formula is C16H22ClN7. The van der Waals surface area contributed by atoms with Crippen molar-refractivity contribution in [1.82, 2.24) is 24.8 Å². The number of aryl methyl sites for hydroxylation is 1. The number of hydrogen-bond donors (Lipinski definition) is 1. The predicted molar refractivity (Wildman–Crippen MR) is 95.6 cm³/mol. The third-order valence-corrected chi connectivity index (χ3v) is 4.16. The summed E-state index contributed by atoms with van der Waals surface area (Å²) in [6.07, 6.45) is 4.64. The molecule has 8 heteroatoms. The van der Waals surface area contributed by atoms with Crippen molar-refractivity contribution < 1.29 is 0 Å². The zero-order valence-electron chi connectivity index (χ0n) is 13.8. The van der Waals surface area contributed by atoms with Gasteiger partial charge in [0, 0.05) is 51.2 Å². The highest BCUT2D eigenvalue weighted by Crippen LogP contribution is 2.12. The first kappa shape index (κ1) is 16.9. The second kappa shape index (κ2) is 8.21.